The van der Waals surface area contributed by atoms with Crippen LogP contribution in [0.5, 0.6) is 0 Å². The molecular formula is C22H25N2O2+. The van der Waals surface area contributed by atoms with Crippen LogP contribution in [0.25, 0.3) is 0 Å². The maximum absolute atomic E-state index is 12.5. The van der Waals surface area contributed by atoms with Crippen molar-refractivity contribution in [1.82, 2.24) is 0 Å². The lowest BCUT2D eigenvalue weighted by molar-refractivity contribution is -0.678. The van der Waals surface area contributed by atoms with Crippen LogP contribution in [-0.2, 0) is 4.79 Å². The van der Waals surface area contributed by atoms with Gasteiger partial charge in [0.1, 0.15) is 0 Å². The number of rotatable bonds is 7. The highest BCUT2D eigenvalue weighted by Crippen LogP contribution is 2.23. The van der Waals surface area contributed by atoms with Crippen molar-refractivity contribution in [3.8, 4) is 0 Å². The third kappa shape index (κ3) is 4.41. The summed E-state index contributed by atoms with van der Waals surface area (Å²) in [5.74, 6) is 1.17. The molecule has 0 bridgehead atoms. The minimum atomic E-state index is -0.0442. The first-order valence-corrected chi connectivity index (χ1v) is 8.95. The molecule has 134 valence electrons. The fourth-order valence-corrected chi connectivity index (χ4v) is 3.09. The number of amides is 1. The van der Waals surface area contributed by atoms with Crippen LogP contribution >= 0.6 is 0 Å². The molecule has 3 aromatic rings. The van der Waals surface area contributed by atoms with Crippen LogP contribution in [0.1, 0.15) is 42.7 Å². The molecule has 1 heterocycles. The second kappa shape index (κ2) is 8.50. The number of carbonyl (C=O) groups is 1. The standard InChI is InChI=1S/C22H24N2O2/c1-16(2)18-11-6-7-12-19(18)24-21(25)15-23-22(20-13-8-14-26-20)17-9-4-3-5-10-17/h3-14,16,22-23H,15H2,1-2H3,(H,24,25)/p+1/t22-/m0/s1. The van der Waals surface area contributed by atoms with Crippen LogP contribution in [0, 0.1) is 0 Å². The molecule has 26 heavy (non-hydrogen) atoms. The highest BCUT2D eigenvalue weighted by Gasteiger charge is 2.21. The van der Waals surface area contributed by atoms with Gasteiger partial charge in [-0.15, -0.1) is 0 Å². The Hall–Kier alpha value is -2.85. The fourth-order valence-electron chi connectivity index (χ4n) is 3.09. The maximum atomic E-state index is 12.5. The normalized spacial score (nSPS) is 12.1. The third-order valence-electron chi connectivity index (χ3n) is 4.40. The van der Waals surface area contributed by atoms with Crippen molar-refractivity contribution in [3.63, 3.8) is 0 Å². The van der Waals surface area contributed by atoms with E-state index in [4.69, 9.17) is 4.42 Å². The number of para-hydroxylation sites is 1. The van der Waals surface area contributed by atoms with Crippen LogP contribution in [0.2, 0.25) is 0 Å². The third-order valence-corrected chi connectivity index (χ3v) is 4.40. The van der Waals surface area contributed by atoms with Crippen molar-refractivity contribution in [2.75, 3.05) is 11.9 Å². The van der Waals surface area contributed by atoms with E-state index in [9.17, 15) is 4.79 Å². The van der Waals surface area contributed by atoms with Crippen LogP contribution in [0.3, 0.4) is 0 Å². The molecule has 0 aliphatic rings. The molecule has 1 aromatic heterocycles. The van der Waals surface area contributed by atoms with E-state index < -0.39 is 0 Å². The predicted molar refractivity (Wildman–Crippen MR) is 103 cm³/mol. The molecule has 0 fully saturated rings. The average Bonchev–Trinajstić information content (AvgIpc) is 3.17. The average molecular weight is 349 g/mol. The number of quaternary nitrogens is 1. The Morgan fingerprint density at radius 1 is 1.00 bits per heavy atom. The minimum absolute atomic E-state index is 0.0226. The van der Waals surface area contributed by atoms with Gasteiger partial charge in [-0.05, 0) is 29.7 Å². The summed E-state index contributed by atoms with van der Waals surface area (Å²) in [6.07, 6.45) is 1.66. The van der Waals surface area contributed by atoms with Crippen LogP contribution in [0.4, 0.5) is 5.69 Å². The Balaban J connectivity index is 1.69. The second-order valence-corrected chi connectivity index (χ2v) is 6.63. The van der Waals surface area contributed by atoms with E-state index in [1.807, 2.05) is 53.8 Å². The first kappa shape index (κ1) is 18.0. The van der Waals surface area contributed by atoms with E-state index in [2.05, 4.69) is 37.4 Å². The van der Waals surface area contributed by atoms with Gasteiger partial charge in [-0.25, -0.2) is 0 Å². The van der Waals surface area contributed by atoms with Crippen LogP contribution in [0.15, 0.2) is 77.4 Å². The minimum Gasteiger partial charge on any atom is -0.463 e. The molecule has 2 aromatic carbocycles. The number of carbonyl (C=O) groups excluding carboxylic acids is 1. The zero-order valence-electron chi connectivity index (χ0n) is 15.2. The van der Waals surface area contributed by atoms with E-state index in [0.717, 1.165) is 22.6 Å². The summed E-state index contributed by atoms with van der Waals surface area (Å²) in [5, 5.41) is 5.04. The number of furan rings is 1. The Bertz CT molecular complexity index is 826. The molecule has 0 radical (unpaired) electrons. The van der Waals surface area contributed by atoms with Crippen LogP contribution in [-0.4, -0.2) is 12.5 Å². The van der Waals surface area contributed by atoms with E-state index in [1.165, 1.54) is 0 Å². The van der Waals surface area contributed by atoms with E-state index in [1.54, 1.807) is 6.26 Å². The molecular weight excluding hydrogens is 324 g/mol. The molecule has 0 spiro atoms. The lowest BCUT2D eigenvalue weighted by atomic mass is 10.0. The Kier molecular flexibility index (Phi) is 5.87. The summed E-state index contributed by atoms with van der Waals surface area (Å²) in [6, 6.07) is 21.8. The molecule has 0 unspecified atom stereocenters. The summed E-state index contributed by atoms with van der Waals surface area (Å²) in [7, 11) is 0. The van der Waals surface area contributed by atoms with Crippen molar-refractivity contribution in [2.45, 2.75) is 25.8 Å². The fraction of sp³-hybridized carbons (Fsp3) is 0.227. The van der Waals surface area contributed by atoms with E-state index in [0.29, 0.717) is 12.5 Å². The quantitative estimate of drug-likeness (QED) is 0.683. The monoisotopic (exact) mass is 349 g/mol. The first-order chi connectivity index (χ1) is 12.6. The van der Waals surface area contributed by atoms with Gasteiger partial charge in [0.25, 0.3) is 5.91 Å². The molecule has 4 heteroatoms. The molecule has 0 saturated carbocycles. The highest BCUT2D eigenvalue weighted by molar-refractivity contribution is 5.92. The lowest BCUT2D eigenvalue weighted by Crippen LogP contribution is -2.87. The summed E-state index contributed by atoms with van der Waals surface area (Å²) >= 11 is 0. The van der Waals surface area contributed by atoms with Gasteiger partial charge in [0.2, 0.25) is 0 Å². The molecule has 1 atom stereocenters. The Morgan fingerprint density at radius 2 is 1.73 bits per heavy atom. The van der Waals surface area contributed by atoms with Crippen molar-refractivity contribution in [3.05, 3.63) is 89.9 Å². The van der Waals surface area contributed by atoms with E-state index >= 15 is 0 Å². The Morgan fingerprint density at radius 3 is 2.42 bits per heavy atom. The van der Waals surface area contributed by atoms with Gasteiger partial charge >= 0.3 is 0 Å². The Labute approximate surface area is 154 Å². The number of nitrogens with one attached hydrogen (secondary N) is 1. The van der Waals surface area contributed by atoms with Gasteiger partial charge in [0, 0.05) is 11.3 Å². The molecule has 0 saturated heterocycles. The van der Waals surface area contributed by atoms with Crippen molar-refractivity contribution in [1.29, 1.82) is 0 Å². The van der Waals surface area contributed by atoms with Gasteiger partial charge in [-0.1, -0.05) is 62.4 Å². The molecule has 0 aliphatic heterocycles. The summed E-state index contributed by atoms with van der Waals surface area (Å²) < 4.78 is 5.59. The van der Waals surface area contributed by atoms with Gasteiger partial charge < -0.3 is 15.1 Å². The van der Waals surface area contributed by atoms with Crippen LogP contribution < -0.4 is 10.6 Å². The summed E-state index contributed by atoms with van der Waals surface area (Å²) in [4.78, 5) is 12.5. The van der Waals surface area contributed by atoms with Gasteiger partial charge in [-0.2, -0.15) is 0 Å². The number of benzene rings is 2. The summed E-state index contributed by atoms with van der Waals surface area (Å²) in [5.41, 5.74) is 3.14. The SMILES string of the molecule is CC(C)c1ccccc1NC(=O)C[NH2+][C@@H](c1ccccc1)c1ccco1. The van der Waals surface area contributed by atoms with E-state index in [-0.39, 0.29) is 11.9 Å². The zero-order valence-corrected chi connectivity index (χ0v) is 15.2. The molecule has 4 nitrogen and oxygen atoms in total. The molecule has 3 N–H and O–H groups in total. The number of hydrogen-bond acceptors (Lipinski definition) is 2. The largest absolute Gasteiger partial charge is 0.463 e. The number of nitrogens with two attached hydrogens (primary N) is 1. The lowest BCUT2D eigenvalue weighted by Gasteiger charge is -2.16. The zero-order chi connectivity index (χ0) is 18.4. The van der Waals surface area contributed by atoms with Gasteiger partial charge in [0.05, 0.1) is 6.26 Å². The second-order valence-electron chi connectivity index (χ2n) is 6.63. The smallest absolute Gasteiger partial charge is 0.279 e. The molecule has 1 amide bonds. The first-order valence-electron chi connectivity index (χ1n) is 8.95. The van der Waals surface area contributed by atoms with Crippen molar-refractivity contribution >= 4 is 11.6 Å². The number of anilines is 1. The molecule has 3 rings (SSSR count). The molecule has 0 aliphatic carbocycles. The maximum Gasteiger partial charge on any atom is 0.279 e. The van der Waals surface area contributed by atoms with Crippen molar-refractivity contribution < 1.29 is 14.5 Å². The summed E-state index contributed by atoms with van der Waals surface area (Å²) in [6.45, 7) is 4.56. The number of hydrogen-bond donors (Lipinski definition) is 2. The van der Waals surface area contributed by atoms with Gasteiger partial charge in [-0.3, -0.25) is 4.79 Å². The predicted octanol–water partition coefficient (Wildman–Crippen LogP) is 3.69. The topological polar surface area (TPSA) is 58.9 Å². The van der Waals surface area contributed by atoms with Gasteiger partial charge in [0.15, 0.2) is 18.3 Å². The highest BCUT2D eigenvalue weighted by atomic mass is 16.3. The van der Waals surface area contributed by atoms with Crippen molar-refractivity contribution in [2.24, 2.45) is 0 Å².